The zero-order chi connectivity index (χ0) is 12.2. The minimum absolute atomic E-state index is 0.214. The van der Waals surface area contributed by atoms with Crippen molar-refractivity contribution in [1.82, 2.24) is 0 Å². The molecule has 90 valence electrons. The van der Waals surface area contributed by atoms with E-state index >= 15 is 0 Å². The van der Waals surface area contributed by atoms with Gasteiger partial charge >= 0.3 is 0 Å². The van der Waals surface area contributed by atoms with Crippen LogP contribution in [0.15, 0.2) is 24.3 Å². The number of hydrogen-bond acceptors (Lipinski definition) is 1. The lowest BCUT2D eigenvalue weighted by Gasteiger charge is -2.16. The summed E-state index contributed by atoms with van der Waals surface area (Å²) in [6.07, 6.45) is 2.21. The molecule has 0 spiro atoms. The van der Waals surface area contributed by atoms with Crippen LogP contribution in [0.2, 0.25) is 0 Å². The summed E-state index contributed by atoms with van der Waals surface area (Å²) in [5.74, 6) is -0.170. The Morgan fingerprint density at radius 2 is 1.94 bits per heavy atom. The van der Waals surface area contributed by atoms with Crippen LogP contribution >= 0.6 is 7.37 Å². The third-order valence-corrected chi connectivity index (χ3v) is 4.79. The maximum atomic E-state index is 12.7. The molecule has 0 aliphatic heterocycles. The maximum Gasteiger partial charge on any atom is 0.229 e. The summed E-state index contributed by atoms with van der Waals surface area (Å²) >= 11 is 0. The average molecular weight is 244 g/mol. The van der Waals surface area contributed by atoms with E-state index in [2.05, 4.69) is 6.92 Å². The van der Waals surface area contributed by atoms with Gasteiger partial charge < -0.3 is 4.89 Å². The molecule has 2 nitrogen and oxygen atoms in total. The van der Waals surface area contributed by atoms with Gasteiger partial charge in [-0.3, -0.25) is 4.57 Å². The predicted molar refractivity (Wildman–Crippen MR) is 64.8 cm³/mol. The highest BCUT2D eigenvalue weighted by Gasteiger charge is 2.23. The molecule has 0 heterocycles. The lowest BCUT2D eigenvalue weighted by molar-refractivity contribution is 0.469. The molecular formula is C12H18FO2P. The Bertz CT molecular complexity index is 375. The summed E-state index contributed by atoms with van der Waals surface area (Å²) in [4.78, 5) is 9.91. The van der Waals surface area contributed by atoms with Crippen LogP contribution in [-0.4, -0.2) is 11.1 Å². The van der Waals surface area contributed by atoms with Gasteiger partial charge in [0.25, 0.3) is 0 Å². The topological polar surface area (TPSA) is 37.3 Å². The minimum Gasteiger partial charge on any atom is -0.341 e. The second-order valence-corrected chi connectivity index (χ2v) is 6.54. The second kappa shape index (κ2) is 5.60. The first kappa shape index (κ1) is 13.4. The van der Waals surface area contributed by atoms with Crippen LogP contribution in [0.4, 0.5) is 4.39 Å². The fourth-order valence-electron chi connectivity index (χ4n) is 1.79. The van der Waals surface area contributed by atoms with Crippen molar-refractivity contribution in [2.75, 3.05) is 6.16 Å². The van der Waals surface area contributed by atoms with Crippen LogP contribution in [0.25, 0.3) is 0 Å². The third-order valence-electron chi connectivity index (χ3n) is 2.57. The van der Waals surface area contributed by atoms with Gasteiger partial charge in [0, 0.05) is 11.5 Å². The van der Waals surface area contributed by atoms with Crippen LogP contribution in [0.3, 0.4) is 0 Å². The molecule has 0 saturated carbocycles. The molecule has 4 heteroatoms. The first-order valence-electron chi connectivity index (χ1n) is 5.53. The summed E-state index contributed by atoms with van der Waals surface area (Å²) in [7, 11) is -3.32. The highest BCUT2D eigenvalue weighted by atomic mass is 31.2. The molecule has 2 unspecified atom stereocenters. The van der Waals surface area contributed by atoms with Crippen molar-refractivity contribution in [3.05, 3.63) is 30.1 Å². The smallest absolute Gasteiger partial charge is 0.229 e. The zero-order valence-electron chi connectivity index (χ0n) is 9.69. The van der Waals surface area contributed by atoms with Gasteiger partial charge in [-0.25, -0.2) is 4.39 Å². The van der Waals surface area contributed by atoms with Gasteiger partial charge in [-0.05, 0) is 30.2 Å². The normalized spacial score (nSPS) is 16.8. The summed E-state index contributed by atoms with van der Waals surface area (Å²) in [6.45, 7) is 4.02. The van der Waals surface area contributed by atoms with E-state index in [-0.39, 0.29) is 17.9 Å². The molecule has 0 aliphatic rings. The molecule has 0 saturated heterocycles. The minimum atomic E-state index is -3.32. The van der Waals surface area contributed by atoms with E-state index in [4.69, 9.17) is 0 Å². The second-order valence-electron chi connectivity index (χ2n) is 4.25. The first-order chi connectivity index (χ1) is 7.45. The van der Waals surface area contributed by atoms with Gasteiger partial charge in [0.15, 0.2) is 0 Å². The summed E-state index contributed by atoms with van der Waals surface area (Å²) in [6, 6.07) is 5.24. The summed E-state index contributed by atoms with van der Waals surface area (Å²) in [5, 5.41) is 0.344. The molecule has 1 rings (SSSR count). The third kappa shape index (κ3) is 3.73. The van der Waals surface area contributed by atoms with Gasteiger partial charge in [-0.15, -0.1) is 0 Å². The van der Waals surface area contributed by atoms with E-state index < -0.39 is 7.37 Å². The van der Waals surface area contributed by atoms with Crippen LogP contribution in [0.5, 0.6) is 0 Å². The van der Waals surface area contributed by atoms with Gasteiger partial charge in [0.05, 0.1) is 0 Å². The Morgan fingerprint density at radius 1 is 1.38 bits per heavy atom. The van der Waals surface area contributed by atoms with Crippen molar-refractivity contribution in [1.29, 1.82) is 0 Å². The maximum absolute atomic E-state index is 12.7. The van der Waals surface area contributed by atoms with E-state index in [1.54, 1.807) is 0 Å². The molecule has 0 amide bonds. The van der Waals surface area contributed by atoms with E-state index in [9.17, 15) is 13.8 Å². The highest BCUT2D eigenvalue weighted by Crippen LogP contribution is 2.41. The van der Waals surface area contributed by atoms with Crippen molar-refractivity contribution >= 4 is 12.7 Å². The van der Waals surface area contributed by atoms with E-state index in [0.717, 1.165) is 12.8 Å². The van der Waals surface area contributed by atoms with Crippen LogP contribution in [0.1, 0.15) is 26.7 Å². The van der Waals surface area contributed by atoms with Gasteiger partial charge in [0.2, 0.25) is 7.37 Å². The van der Waals surface area contributed by atoms with Gasteiger partial charge in [0.1, 0.15) is 5.82 Å². The van der Waals surface area contributed by atoms with Crippen molar-refractivity contribution in [2.45, 2.75) is 26.7 Å². The van der Waals surface area contributed by atoms with Crippen molar-refractivity contribution in [3.63, 3.8) is 0 Å². The standard InChI is InChI=1S/C12H18FO2P/c1-3-4-10(2)9-16(14,15)12-7-5-11(13)6-8-12/h5-8,10H,3-4,9H2,1-2H3,(H,14,15). The van der Waals surface area contributed by atoms with E-state index in [0.29, 0.717) is 5.30 Å². The van der Waals surface area contributed by atoms with Crippen LogP contribution in [0, 0.1) is 11.7 Å². The predicted octanol–water partition coefficient (Wildman–Crippen LogP) is 3.16. The molecule has 0 radical (unpaired) electrons. The Morgan fingerprint density at radius 3 is 2.44 bits per heavy atom. The molecule has 1 aromatic rings. The fourth-order valence-corrected chi connectivity index (χ4v) is 3.64. The molecular weight excluding hydrogens is 226 g/mol. The number of hydrogen-bond donors (Lipinski definition) is 1. The van der Waals surface area contributed by atoms with Crippen molar-refractivity contribution in [2.24, 2.45) is 5.92 Å². The quantitative estimate of drug-likeness (QED) is 0.808. The van der Waals surface area contributed by atoms with Gasteiger partial charge in [-0.1, -0.05) is 26.7 Å². The van der Waals surface area contributed by atoms with E-state index in [1.807, 2.05) is 6.92 Å². The van der Waals surface area contributed by atoms with Gasteiger partial charge in [-0.2, -0.15) is 0 Å². The number of rotatable bonds is 5. The molecule has 0 bridgehead atoms. The number of benzene rings is 1. The Kier molecular flexibility index (Phi) is 4.69. The summed E-state index contributed by atoms with van der Waals surface area (Å²) < 4.78 is 24.7. The van der Waals surface area contributed by atoms with E-state index in [1.165, 1.54) is 24.3 Å². The Labute approximate surface area is 96.0 Å². The molecule has 2 atom stereocenters. The molecule has 0 aliphatic carbocycles. The largest absolute Gasteiger partial charge is 0.341 e. The first-order valence-corrected chi connectivity index (χ1v) is 7.38. The fraction of sp³-hybridized carbons (Fsp3) is 0.500. The lowest BCUT2D eigenvalue weighted by atomic mass is 10.1. The van der Waals surface area contributed by atoms with Crippen LogP contribution in [-0.2, 0) is 4.57 Å². The average Bonchev–Trinajstić information content (AvgIpc) is 2.17. The summed E-state index contributed by atoms with van der Waals surface area (Å²) in [5.41, 5.74) is 0. The Balaban J connectivity index is 2.77. The molecule has 0 fully saturated rings. The lowest BCUT2D eigenvalue weighted by Crippen LogP contribution is -2.12. The Hall–Kier alpha value is -0.660. The SMILES string of the molecule is CCCC(C)CP(=O)(O)c1ccc(F)cc1. The van der Waals surface area contributed by atoms with Crippen molar-refractivity contribution in [3.8, 4) is 0 Å². The molecule has 0 aromatic heterocycles. The van der Waals surface area contributed by atoms with Crippen LogP contribution < -0.4 is 5.30 Å². The monoisotopic (exact) mass is 244 g/mol. The molecule has 1 N–H and O–H groups in total. The molecule has 16 heavy (non-hydrogen) atoms. The van der Waals surface area contributed by atoms with Crippen molar-refractivity contribution < 1.29 is 13.8 Å². The number of halogens is 1. The molecule has 1 aromatic carbocycles. The zero-order valence-corrected chi connectivity index (χ0v) is 10.6. The highest BCUT2D eigenvalue weighted by molar-refractivity contribution is 7.66.